The molecule has 0 aliphatic carbocycles. The van der Waals surface area contributed by atoms with Crippen molar-refractivity contribution in [2.75, 3.05) is 4.72 Å². The van der Waals surface area contributed by atoms with Crippen LogP contribution in [0.25, 0.3) is 11.0 Å². The molecule has 0 saturated heterocycles. The maximum absolute atomic E-state index is 12.2. The van der Waals surface area contributed by atoms with E-state index in [-0.39, 0.29) is 10.2 Å². The van der Waals surface area contributed by atoms with Crippen LogP contribution in [0, 0.1) is 0 Å². The minimum atomic E-state index is -3.62. The lowest BCUT2D eigenvalue weighted by Crippen LogP contribution is -2.12. The van der Waals surface area contributed by atoms with Crippen LogP contribution in [0.3, 0.4) is 0 Å². The van der Waals surface area contributed by atoms with Crippen molar-refractivity contribution in [2.24, 2.45) is 0 Å². The molecule has 2 heterocycles. The number of hydrogen-bond acceptors (Lipinski definition) is 4. The van der Waals surface area contributed by atoms with Crippen molar-refractivity contribution in [1.29, 1.82) is 0 Å². The Labute approximate surface area is 121 Å². The summed E-state index contributed by atoms with van der Waals surface area (Å²) < 4.78 is 27.5. The van der Waals surface area contributed by atoms with Gasteiger partial charge in [-0.25, -0.2) is 18.1 Å². The van der Waals surface area contributed by atoms with Gasteiger partial charge < -0.3 is 4.98 Å². The molecule has 0 unspecified atom stereocenters. The Bertz CT molecular complexity index is 805. The van der Waals surface area contributed by atoms with E-state index in [9.17, 15) is 8.42 Å². The van der Waals surface area contributed by atoms with E-state index in [0.717, 1.165) is 16.9 Å². The number of thiophene rings is 1. The molecule has 0 saturated carbocycles. The smallest absolute Gasteiger partial charge is 0.274 e. The van der Waals surface area contributed by atoms with E-state index in [0.29, 0.717) is 9.99 Å². The quantitative estimate of drug-likeness (QED) is 0.755. The Morgan fingerprint density at radius 1 is 1.26 bits per heavy atom. The van der Waals surface area contributed by atoms with E-state index in [1.165, 1.54) is 0 Å². The number of fused-ring (bicyclic) bond motifs is 1. The summed E-state index contributed by atoms with van der Waals surface area (Å²) in [6.45, 7) is 0. The molecule has 2 N–H and O–H groups in total. The molecule has 2 aromatic heterocycles. The average Bonchev–Trinajstić information content (AvgIpc) is 2.93. The van der Waals surface area contributed by atoms with Gasteiger partial charge in [-0.15, -0.1) is 11.3 Å². The molecule has 3 aromatic rings. The largest absolute Gasteiger partial charge is 0.323 e. The number of sulfonamides is 1. The van der Waals surface area contributed by atoms with Gasteiger partial charge in [0.05, 0.1) is 11.0 Å². The van der Waals surface area contributed by atoms with E-state index in [4.69, 9.17) is 0 Å². The van der Waals surface area contributed by atoms with Crippen LogP contribution in [0.2, 0.25) is 0 Å². The van der Waals surface area contributed by atoms with Gasteiger partial charge in [-0.2, -0.15) is 0 Å². The number of nitrogens with one attached hydrogen (secondary N) is 2. The average molecular weight is 358 g/mol. The lowest BCUT2D eigenvalue weighted by Gasteiger charge is -2.02. The highest BCUT2D eigenvalue weighted by atomic mass is 79.9. The monoisotopic (exact) mass is 357 g/mol. The molecule has 0 atom stereocenters. The summed E-state index contributed by atoms with van der Waals surface area (Å²) in [4.78, 5) is 7.10. The van der Waals surface area contributed by atoms with Crippen molar-refractivity contribution in [1.82, 2.24) is 9.97 Å². The van der Waals surface area contributed by atoms with Gasteiger partial charge in [0.2, 0.25) is 5.95 Å². The van der Waals surface area contributed by atoms with Crippen LogP contribution >= 0.6 is 27.3 Å². The van der Waals surface area contributed by atoms with Crippen molar-refractivity contribution in [3.63, 3.8) is 0 Å². The molecular formula is C11H8BrN3O2S2. The number of para-hydroxylation sites is 2. The van der Waals surface area contributed by atoms with Crippen LogP contribution in [-0.4, -0.2) is 18.4 Å². The van der Waals surface area contributed by atoms with E-state index >= 15 is 0 Å². The van der Waals surface area contributed by atoms with Gasteiger partial charge in [-0.1, -0.05) is 12.1 Å². The Hall–Kier alpha value is -1.38. The first kappa shape index (κ1) is 12.6. The summed E-state index contributed by atoms with van der Waals surface area (Å²) >= 11 is 4.35. The highest BCUT2D eigenvalue weighted by molar-refractivity contribution is 9.10. The maximum Gasteiger partial charge on any atom is 0.274 e. The van der Waals surface area contributed by atoms with Crippen LogP contribution in [0.4, 0.5) is 5.95 Å². The zero-order valence-corrected chi connectivity index (χ0v) is 12.6. The number of benzene rings is 1. The minimum Gasteiger partial charge on any atom is -0.323 e. The van der Waals surface area contributed by atoms with Crippen LogP contribution in [0.1, 0.15) is 0 Å². The molecule has 0 aliphatic rings. The van der Waals surface area contributed by atoms with Crippen molar-refractivity contribution in [3.05, 3.63) is 40.2 Å². The third kappa shape index (κ3) is 2.38. The lowest BCUT2D eigenvalue weighted by molar-refractivity contribution is 0.602. The van der Waals surface area contributed by atoms with Crippen LogP contribution in [0.15, 0.2) is 44.4 Å². The van der Waals surface area contributed by atoms with Crippen molar-refractivity contribution < 1.29 is 8.42 Å². The van der Waals surface area contributed by atoms with E-state index in [1.54, 1.807) is 11.4 Å². The Balaban J connectivity index is 1.99. The van der Waals surface area contributed by atoms with E-state index in [2.05, 4.69) is 30.6 Å². The lowest BCUT2D eigenvalue weighted by atomic mass is 10.3. The van der Waals surface area contributed by atoms with E-state index < -0.39 is 10.0 Å². The first-order valence-corrected chi connectivity index (χ1v) is 8.42. The predicted molar refractivity (Wildman–Crippen MR) is 78.9 cm³/mol. The predicted octanol–water partition coefficient (Wildman–Crippen LogP) is 3.19. The number of halogens is 1. The number of nitrogens with zero attached hydrogens (tertiary/aromatic N) is 1. The first-order valence-electron chi connectivity index (χ1n) is 5.27. The number of rotatable bonds is 3. The normalized spacial score (nSPS) is 11.8. The maximum atomic E-state index is 12.2. The van der Waals surface area contributed by atoms with Gasteiger partial charge in [-0.05, 0) is 39.5 Å². The molecule has 0 spiro atoms. The van der Waals surface area contributed by atoms with Crippen molar-refractivity contribution in [2.45, 2.75) is 4.21 Å². The summed E-state index contributed by atoms with van der Waals surface area (Å²) in [6.07, 6.45) is 0. The zero-order valence-electron chi connectivity index (χ0n) is 9.42. The summed E-state index contributed by atoms with van der Waals surface area (Å²) in [5.74, 6) is 0.210. The summed E-state index contributed by atoms with van der Waals surface area (Å²) in [6, 6.07) is 9.04. The summed E-state index contributed by atoms with van der Waals surface area (Å²) in [5, 5.41) is 1.71. The second-order valence-electron chi connectivity index (χ2n) is 3.76. The third-order valence-electron chi connectivity index (χ3n) is 2.45. The first-order chi connectivity index (χ1) is 9.06. The molecule has 3 rings (SSSR count). The van der Waals surface area contributed by atoms with E-state index in [1.807, 2.05) is 24.3 Å². The number of aromatic nitrogens is 2. The highest BCUT2D eigenvalue weighted by Gasteiger charge is 2.20. The molecular weight excluding hydrogens is 350 g/mol. The van der Waals surface area contributed by atoms with Crippen LogP contribution < -0.4 is 4.72 Å². The highest BCUT2D eigenvalue weighted by Crippen LogP contribution is 2.29. The van der Waals surface area contributed by atoms with Crippen LogP contribution in [-0.2, 0) is 10.0 Å². The number of aromatic amines is 1. The molecule has 0 fully saturated rings. The summed E-state index contributed by atoms with van der Waals surface area (Å²) in [7, 11) is -3.62. The molecule has 5 nitrogen and oxygen atoms in total. The van der Waals surface area contributed by atoms with Crippen LogP contribution in [0.5, 0.6) is 0 Å². The van der Waals surface area contributed by atoms with Crippen molar-refractivity contribution >= 4 is 54.3 Å². The molecule has 0 amide bonds. The van der Waals surface area contributed by atoms with Crippen molar-refractivity contribution in [3.8, 4) is 0 Å². The Kier molecular flexibility index (Phi) is 3.08. The fourth-order valence-electron chi connectivity index (χ4n) is 1.65. The summed E-state index contributed by atoms with van der Waals surface area (Å²) in [5.41, 5.74) is 1.50. The number of imidazole rings is 1. The second kappa shape index (κ2) is 4.62. The fraction of sp³-hybridized carbons (Fsp3) is 0. The molecule has 19 heavy (non-hydrogen) atoms. The topological polar surface area (TPSA) is 74.8 Å². The molecule has 8 heteroatoms. The number of anilines is 1. The number of hydrogen-bond donors (Lipinski definition) is 2. The van der Waals surface area contributed by atoms with Gasteiger partial charge in [0, 0.05) is 4.47 Å². The number of H-pyrrole nitrogens is 1. The second-order valence-corrected chi connectivity index (χ2v) is 7.41. The molecule has 0 radical (unpaired) electrons. The standard InChI is InChI=1S/C11H8BrN3O2S2/c12-7-5-6-18-10(7)19(16,17)15-11-13-8-3-1-2-4-9(8)14-11/h1-6H,(H2,13,14,15). The molecule has 1 aromatic carbocycles. The molecule has 98 valence electrons. The zero-order chi connectivity index (χ0) is 13.5. The third-order valence-corrected chi connectivity index (χ3v) is 6.46. The fourth-order valence-corrected chi connectivity index (χ4v) is 4.95. The van der Waals surface area contributed by atoms with Gasteiger partial charge in [-0.3, -0.25) is 0 Å². The minimum absolute atomic E-state index is 0.210. The van der Waals surface area contributed by atoms with Gasteiger partial charge in [0.15, 0.2) is 4.21 Å². The van der Waals surface area contributed by atoms with Gasteiger partial charge >= 0.3 is 0 Å². The van der Waals surface area contributed by atoms with Gasteiger partial charge in [0.1, 0.15) is 0 Å². The Morgan fingerprint density at radius 2 is 2.05 bits per heavy atom. The Morgan fingerprint density at radius 3 is 2.74 bits per heavy atom. The SMILES string of the molecule is O=S(=O)(Nc1nc2ccccc2[nH]1)c1sccc1Br. The van der Waals surface area contributed by atoms with Gasteiger partial charge in [0.25, 0.3) is 10.0 Å². The molecule has 0 bridgehead atoms. The molecule has 0 aliphatic heterocycles.